The van der Waals surface area contributed by atoms with E-state index in [4.69, 9.17) is 0 Å². The maximum absolute atomic E-state index is 9.93. The fourth-order valence-electron chi connectivity index (χ4n) is 2.08. The molecule has 0 bridgehead atoms. The van der Waals surface area contributed by atoms with Crippen LogP contribution >= 0.6 is 22.7 Å². The number of phenols is 2. The Morgan fingerprint density at radius 3 is 2.80 bits per heavy atom. The number of aromatic nitrogens is 1. The molecule has 0 radical (unpaired) electrons. The lowest BCUT2D eigenvalue weighted by Crippen LogP contribution is -2.12. The van der Waals surface area contributed by atoms with E-state index in [-0.39, 0.29) is 11.5 Å². The first-order valence-electron chi connectivity index (χ1n) is 7.50. The van der Waals surface area contributed by atoms with Crippen molar-refractivity contribution in [3.05, 3.63) is 63.6 Å². The highest BCUT2D eigenvalue weighted by molar-refractivity contribution is 7.14. The van der Waals surface area contributed by atoms with Gasteiger partial charge in [-0.1, -0.05) is 18.2 Å². The fourth-order valence-corrected chi connectivity index (χ4v) is 3.71. The van der Waals surface area contributed by atoms with Gasteiger partial charge in [-0.25, -0.2) is 4.68 Å². The summed E-state index contributed by atoms with van der Waals surface area (Å²) in [6, 6.07) is 8.41. The van der Waals surface area contributed by atoms with Crippen LogP contribution in [0, 0.1) is 0 Å². The van der Waals surface area contributed by atoms with E-state index in [1.807, 2.05) is 29.8 Å². The Kier molecular flexibility index (Phi) is 5.16. The Morgan fingerprint density at radius 2 is 2.12 bits per heavy atom. The van der Waals surface area contributed by atoms with Crippen LogP contribution in [0.25, 0.3) is 10.6 Å². The highest BCUT2D eigenvalue weighted by Crippen LogP contribution is 2.25. The number of benzene rings is 1. The van der Waals surface area contributed by atoms with E-state index in [0.29, 0.717) is 12.1 Å². The van der Waals surface area contributed by atoms with Crippen LogP contribution in [0.3, 0.4) is 0 Å². The quantitative estimate of drug-likeness (QED) is 0.525. The third-order valence-corrected chi connectivity index (χ3v) is 5.02. The molecule has 3 aromatic rings. The number of phenolic OH excluding ortho intramolecular Hbond substituents is 2. The van der Waals surface area contributed by atoms with Gasteiger partial charge in [-0.15, -0.1) is 22.7 Å². The molecule has 0 unspecified atom stereocenters. The molecule has 128 valence electrons. The van der Waals surface area contributed by atoms with Gasteiger partial charge in [0.05, 0.1) is 23.3 Å². The Bertz CT molecular complexity index is 982. The molecule has 5 nitrogen and oxygen atoms in total. The highest BCUT2D eigenvalue weighted by atomic mass is 32.1. The molecule has 25 heavy (non-hydrogen) atoms. The zero-order valence-corrected chi connectivity index (χ0v) is 15.2. The van der Waals surface area contributed by atoms with Gasteiger partial charge < -0.3 is 10.2 Å². The SMILES string of the molecule is C=C(C)CN=c1scc(-c2cccs2)n1N=Cc1ccc(O)cc1O. The van der Waals surface area contributed by atoms with Gasteiger partial charge in [0.2, 0.25) is 4.80 Å². The van der Waals surface area contributed by atoms with Crippen LogP contribution in [0.4, 0.5) is 0 Å². The molecule has 2 heterocycles. The normalized spacial score (nSPS) is 12.1. The summed E-state index contributed by atoms with van der Waals surface area (Å²) in [7, 11) is 0. The van der Waals surface area contributed by atoms with Crippen molar-refractivity contribution in [2.45, 2.75) is 6.92 Å². The Balaban J connectivity index is 2.06. The van der Waals surface area contributed by atoms with E-state index in [2.05, 4.69) is 16.7 Å². The highest BCUT2D eigenvalue weighted by Gasteiger charge is 2.08. The summed E-state index contributed by atoms with van der Waals surface area (Å²) in [5.74, 6) is -0.0214. The van der Waals surface area contributed by atoms with Crippen LogP contribution < -0.4 is 4.80 Å². The number of aromatic hydroxyl groups is 2. The van der Waals surface area contributed by atoms with Crippen molar-refractivity contribution >= 4 is 28.9 Å². The third-order valence-electron chi connectivity index (χ3n) is 3.27. The first kappa shape index (κ1) is 17.2. The minimum absolute atomic E-state index is 0.00857. The smallest absolute Gasteiger partial charge is 0.206 e. The van der Waals surface area contributed by atoms with Crippen molar-refractivity contribution in [1.29, 1.82) is 0 Å². The van der Waals surface area contributed by atoms with Gasteiger partial charge in [0.15, 0.2) is 0 Å². The summed E-state index contributed by atoms with van der Waals surface area (Å²) in [5, 5.41) is 27.8. The number of thiazole rings is 1. The first-order valence-corrected chi connectivity index (χ1v) is 9.26. The molecule has 0 saturated carbocycles. The lowest BCUT2D eigenvalue weighted by Gasteiger charge is -2.02. The van der Waals surface area contributed by atoms with Gasteiger partial charge in [-0.05, 0) is 30.5 Å². The van der Waals surface area contributed by atoms with E-state index in [0.717, 1.165) is 20.9 Å². The first-order chi connectivity index (χ1) is 12.0. The van der Waals surface area contributed by atoms with Gasteiger partial charge in [0.25, 0.3) is 0 Å². The van der Waals surface area contributed by atoms with Crippen LogP contribution in [0.2, 0.25) is 0 Å². The number of rotatable bonds is 5. The lowest BCUT2D eigenvalue weighted by molar-refractivity contribution is 0.450. The van der Waals surface area contributed by atoms with E-state index in [9.17, 15) is 10.2 Å². The topological polar surface area (TPSA) is 70.1 Å². The molecule has 2 N–H and O–H groups in total. The van der Waals surface area contributed by atoms with Gasteiger partial charge in [-0.2, -0.15) is 5.10 Å². The second kappa shape index (κ2) is 7.50. The number of hydrogen-bond donors (Lipinski definition) is 2. The largest absolute Gasteiger partial charge is 0.508 e. The van der Waals surface area contributed by atoms with Crippen LogP contribution in [-0.2, 0) is 0 Å². The predicted octanol–water partition coefficient (Wildman–Crippen LogP) is 4.05. The third kappa shape index (κ3) is 4.07. The van der Waals surface area contributed by atoms with E-state index in [1.165, 1.54) is 23.5 Å². The monoisotopic (exact) mass is 371 g/mol. The molecule has 0 amide bonds. The molecule has 0 aliphatic heterocycles. The van der Waals surface area contributed by atoms with Crippen LogP contribution in [0.15, 0.2) is 63.3 Å². The second-order valence-electron chi connectivity index (χ2n) is 5.45. The van der Waals surface area contributed by atoms with Gasteiger partial charge in [0, 0.05) is 17.0 Å². The molecular weight excluding hydrogens is 354 g/mol. The zero-order valence-electron chi connectivity index (χ0n) is 13.6. The summed E-state index contributed by atoms with van der Waals surface area (Å²) >= 11 is 3.13. The summed E-state index contributed by atoms with van der Waals surface area (Å²) < 4.78 is 1.76. The van der Waals surface area contributed by atoms with Crippen molar-refractivity contribution in [3.63, 3.8) is 0 Å². The second-order valence-corrected chi connectivity index (χ2v) is 7.24. The van der Waals surface area contributed by atoms with Gasteiger partial charge in [0.1, 0.15) is 11.5 Å². The summed E-state index contributed by atoms with van der Waals surface area (Å²) in [6.45, 7) is 6.34. The molecule has 1 aromatic carbocycles. The molecule has 0 aliphatic carbocycles. The van der Waals surface area contributed by atoms with Crippen LogP contribution in [0.5, 0.6) is 11.5 Å². The van der Waals surface area contributed by atoms with E-state index >= 15 is 0 Å². The molecular formula is C18H17N3O2S2. The lowest BCUT2D eigenvalue weighted by atomic mass is 10.2. The predicted molar refractivity (Wildman–Crippen MR) is 104 cm³/mol. The molecule has 0 fully saturated rings. The maximum atomic E-state index is 9.93. The van der Waals surface area contributed by atoms with Crippen LogP contribution in [-0.4, -0.2) is 27.6 Å². The van der Waals surface area contributed by atoms with Crippen molar-refractivity contribution in [2.24, 2.45) is 10.1 Å². The summed E-state index contributed by atoms with van der Waals surface area (Å²) in [6.07, 6.45) is 1.55. The maximum Gasteiger partial charge on any atom is 0.206 e. The Hall–Kier alpha value is -2.64. The van der Waals surface area contributed by atoms with Crippen molar-refractivity contribution in [3.8, 4) is 22.1 Å². The Labute approximate surface area is 153 Å². The molecule has 0 spiro atoms. The van der Waals surface area contributed by atoms with Crippen molar-refractivity contribution in [1.82, 2.24) is 4.68 Å². The number of nitrogens with zero attached hydrogens (tertiary/aromatic N) is 3. The van der Waals surface area contributed by atoms with Crippen molar-refractivity contribution in [2.75, 3.05) is 6.54 Å². The number of thiophene rings is 1. The zero-order chi connectivity index (χ0) is 17.8. The van der Waals surface area contributed by atoms with Gasteiger partial charge >= 0.3 is 0 Å². The molecule has 0 saturated heterocycles. The van der Waals surface area contributed by atoms with E-state index in [1.54, 1.807) is 28.3 Å². The van der Waals surface area contributed by atoms with Crippen molar-refractivity contribution < 1.29 is 10.2 Å². The standard InChI is InChI=1S/C18H17N3O2S2/c1-12(2)9-19-18-21(15(11-25-18)17-4-3-7-24-17)20-10-13-5-6-14(22)8-16(13)23/h3-8,10-11,22-23H,1,9H2,2H3. The Morgan fingerprint density at radius 1 is 1.28 bits per heavy atom. The molecule has 0 aliphatic rings. The average Bonchev–Trinajstić information content (AvgIpc) is 3.21. The molecule has 7 heteroatoms. The van der Waals surface area contributed by atoms with Gasteiger partial charge in [-0.3, -0.25) is 4.99 Å². The molecule has 3 rings (SSSR count). The molecule has 2 aromatic heterocycles. The average molecular weight is 371 g/mol. The van der Waals surface area contributed by atoms with Crippen LogP contribution in [0.1, 0.15) is 12.5 Å². The summed E-state index contributed by atoms with van der Waals surface area (Å²) in [5.41, 5.74) is 2.42. The number of hydrogen-bond acceptors (Lipinski definition) is 6. The minimum Gasteiger partial charge on any atom is -0.508 e. The fraction of sp³-hybridized carbons (Fsp3) is 0.111. The van der Waals surface area contributed by atoms with E-state index < -0.39 is 0 Å². The molecule has 0 atom stereocenters. The minimum atomic E-state index is -0.0299. The summed E-state index contributed by atoms with van der Waals surface area (Å²) in [4.78, 5) is 6.39.